The molecule has 0 heterocycles. The van der Waals surface area contributed by atoms with E-state index in [2.05, 4.69) is 4.21 Å². The van der Waals surface area contributed by atoms with Crippen LogP contribution >= 0.6 is 7.82 Å². The molecule has 0 aliphatic heterocycles. The Bertz CT molecular complexity index is 80.1. The summed E-state index contributed by atoms with van der Waals surface area (Å²) in [6.07, 6.45) is 0. The number of hydrogen-bond acceptors (Lipinski definition) is 2. The van der Waals surface area contributed by atoms with Crippen molar-refractivity contribution >= 4 is 79.1 Å². The minimum absolute atomic E-state index is 0. The third-order valence-electron chi connectivity index (χ3n) is 0.238. The molecule has 0 saturated heterocycles. The van der Waals surface area contributed by atoms with Crippen molar-refractivity contribution in [1.29, 1.82) is 0 Å². The zero-order chi connectivity index (χ0) is 5.21. The van der Waals surface area contributed by atoms with Crippen LogP contribution < -0.4 is 0 Å². The van der Waals surface area contributed by atoms with Crippen LogP contribution in [-0.2, 0) is 8.78 Å². The van der Waals surface area contributed by atoms with Gasteiger partial charge in [-0.2, -0.15) is 0 Å². The molecular weight excluding hydrogens is 187 g/mol. The second-order valence-electron chi connectivity index (χ2n) is 0.673. The monoisotopic (exact) mass is 196 g/mol. The Morgan fingerprint density at radius 1 is 1.50 bits per heavy atom. The summed E-state index contributed by atoms with van der Waals surface area (Å²) in [7, 11) is -4.00. The minimum Gasteiger partial charge on any atom is 0.316 e. The van der Waals surface area contributed by atoms with Crippen molar-refractivity contribution in [2.75, 3.05) is 0 Å². The van der Waals surface area contributed by atoms with E-state index in [9.17, 15) is 4.57 Å². The van der Waals surface area contributed by atoms with E-state index in [4.69, 9.17) is 9.79 Å². The largest absolute Gasteiger partial charge is 0.316 e. The molecule has 0 atom stereocenters. The zero-order valence-corrected chi connectivity index (χ0v) is 6.05. The molecule has 8 heavy (non-hydrogen) atoms. The molecule has 46 valence electrons. The van der Waals surface area contributed by atoms with Gasteiger partial charge in [0.15, 0.2) is 10.5 Å². The summed E-state index contributed by atoms with van der Waals surface area (Å²) in [5.41, 5.74) is 0. The first kappa shape index (κ1) is 16.8. The number of rotatable bonds is 1. The van der Waals surface area contributed by atoms with Crippen molar-refractivity contribution in [2.24, 2.45) is 0 Å². The van der Waals surface area contributed by atoms with E-state index in [-0.39, 0.29) is 71.3 Å². The van der Waals surface area contributed by atoms with Gasteiger partial charge in [0.25, 0.3) is 0 Å². The van der Waals surface area contributed by atoms with Gasteiger partial charge >= 0.3 is 68.6 Å². The van der Waals surface area contributed by atoms with Gasteiger partial charge in [0.1, 0.15) is 0 Å². The van der Waals surface area contributed by atoms with E-state index in [1.54, 1.807) is 0 Å². The molecule has 0 aliphatic carbocycles. The van der Waals surface area contributed by atoms with E-state index in [0.717, 1.165) is 0 Å². The van der Waals surface area contributed by atoms with Crippen molar-refractivity contribution in [3.8, 4) is 0 Å². The van der Waals surface area contributed by atoms with Crippen molar-refractivity contribution in [3.05, 3.63) is 0 Å². The Labute approximate surface area is 96.3 Å². The molecule has 0 aliphatic rings. The summed E-state index contributed by atoms with van der Waals surface area (Å²) >= 11 is 0. The van der Waals surface area contributed by atoms with Crippen LogP contribution in [0.3, 0.4) is 0 Å². The minimum atomic E-state index is -4.08. The third-order valence-corrected chi connectivity index (χ3v) is 2.14. The first-order valence-corrected chi connectivity index (χ1v) is 3.52. The average molecular weight is 197 g/mol. The van der Waals surface area contributed by atoms with Gasteiger partial charge in [-0.25, -0.2) is 4.57 Å². The molecule has 0 aromatic rings. The van der Waals surface area contributed by atoms with Gasteiger partial charge in [0.2, 0.25) is 0 Å². The van der Waals surface area contributed by atoms with Crippen LogP contribution in [0.2, 0.25) is 0 Å². The topological polar surface area (TPSA) is 66.8 Å². The fourth-order valence-corrected chi connectivity index (χ4v) is 0. The van der Waals surface area contributed by atoms with E-state index >= 15 is 0 Å². The number of phosphoric acid groups is 1. The number of hydrogen-bond donors (Lipinski definition) is 2. The van der Waals surface area contributed by atoms with Crippen LogP contribution in [-0.4, -0.2) is 81.1 Å². The molecule has 0 spiro atoms. The normalized spacial score (nSPS) is 9.25. The van der Waals surface area contributed by atoms with Gasteiger partial charge in [-0.05, 0) is 0 Å². The Hall–Kier alpha value is 2.35. The SMILES string of the molecule is O=P(O)(O)O[SiH3].[CaH2].[MgH2]. The standard InChI is InChI=1S/Ca.Mg.H5O4PSi.4H/c;;1-5(2,3)4-6;;;;/h;;6H3,(H2,1,2,3);;;;. The Morgan fingerprint density at radius 3 is 1.62 bits per heavy atom. The van der Waals surface area contributed by atoms with Crippen LogP contribution in [0.4, 0.5) is 0 Å². The summed E-state index contributed by atoms with van der Waals surface area (Å²) in [5, 5.41) is 0. The Kier molecular flexibility index (Phi) is 15.6. The quantitative estimate of drug-likeness (QED) is 0.338. The predicted octanol–water partition coefficient (Wildman–Crippen LogP) is -3.46. The fraction of sp³-hybridized carbons (Fsp3) is 0. The average Bonchev–Trinajstić information content (AvgIpc) is 1.35. The van der Waals surface area contributed by atoms with Crippen LogP contribution in [0, 0.1) is 0 Å². The van der Waals surface area contributed by atoms with Gasteiger partial charge in [-0.15, -0.1) is 0 Å². The van der Waals surface area contributed by atoms with E-state index in [0.29, 0.717) is 0 Å². The summed E-state index contributed by atoms with van der Waals surface area (Å²) in [5.74, 6) is 0. The summed E-state index contributed by atoms with van der Waals surface area (Å²) in [6.45, 7) is 0. The zero-order valence-electron chi connectivity index (χ0n) is 3.16. The molecule has 0 aromatic carbocycles. The second kappa shape index (κ2) is 7.46. The van der Waals surface area contributed by atoms with E-state index in [1.165, 1.54) is 0 Å². The summed E-state index contributed by atoms with van der Waals surface area (Å²) in [4.78, 5) is 15.5. The first-order valence-electron chi connectivity index (χ1n) is 1.17. The molecule has 4 nitrogen and oxygen atoms in total. The summed E-state index contributed by atoms with van der Waals surface area (Å²) < 4.78 is 13.2. The smallest absolute Gasteiger partial charge is 0.316 e. The molecule has 0 unspecified atom stereocenters. The van der Waals surface area contributed by atoms with Crippen molar-refractivity contribution in [3.63, 3.8) is 0 Å². The maximum absolute atomic E-state index is 9.51. The van der Waals surface area contributed by atoms with Gasteiger partial charge in [0.05, 0.1) is 0 Å². The molecule has 0 radical (unpaired) electrons. The maximum Gasteiger partial charge on any atom is 0.316 e. The van der Waals surface area contributed by atoms with Crippen LogP contribution in [0.1, 0.15) is 0 Å². The molecule has 0 rings (SSSR count). The van der Waals surface area contributed by atoms with Gasteiger partial charge in [0, 0.05) is 0 Å². The first-order chi connectivity index (χ1) is 2.56. The second-order valence-corrected chi connectivity index (χ2v) is 3.11. The Balaban J connectivity index is -0.000000125. The molecular formula is H9CaMgO4PSi. The van der Waals surface area contributed by atoms with Crippen LogP contribution in [0.25, 0.3) is 0 Å². The van der Waals surface area contributed by atoms with Crippen LogP contribution in [0.5, 0.6) is 0 Å². The molecule has 0 amide bonds. The third kappa shape index (κ3) is 15.8. The molecule has 0 aromatic heterocycles. The van der Waals surface area contributed by atoms with Gasteiger partial charge in [-0.1, -0.05) is 0 Å². The van der Waals surface area contributed by atoms with Crippen molar-refractivity contribution < 1.29 is 18.6 Å². The van der Waals surface area contributed by atoms with E-state index < -0.39 is 7.82 Å². The predicted molar refractivity (Wildman–Crippen MR) is 40.2 cm³/mol. The van der Waals surface area contributed by atoms with Crippen LogP contribution in [0.15, 0.2) is 0 Å². The summed E-state index contributed by atoms with van der Waals surface area (Å²) in [6, 6.07) is 0. The molecule has 8 heteroatoms. The van der Waals surface area contributed by atoms with E-state index in [1.807, 2.05) is 0 Å². The maximum atomic E-state index is 9.51. The van der Waals surface area contributed by atoms with Crippen molar-refractivity contribution in [2.45, 2.75) is 0 Å². The molecule has 0 fully saturated rings. The van der Waals surface area contributed by atoms with Crippen molar-refractivity contribution in [1.82, 2.24) is 0 Å². The fourth-order valence-electron chi connectivity index (χ4n) is 0. The Morgan fingerprint density at radius 2 is 1.62 bits per heavy atom. The molecule has 0 bridgehead atoms. The van der Waals surface area contributed by atoms with Gasteiger partial charge < -0.3 is 14.0 Å². The molecule has 0 saturated carbocycles. The van der Waals surface area contributed by atoms with Gasteiger partial charge in [-0.3, -0.25) is 0 Å². The molecule has 2 N–H and O–H groups in total.